The first kappa shape index (κ1) is 15.4. The lowest BCUT2D eigenvalue weighted by atomic mass is 9.81. The van der Waals surface area contributed by atoms with E-state index in [9.17, 15) is 9.90 Å². The van der Waals surface area contributed by atoms with Crippen molar-refractivity contribution >= 4 is 13.1 Å². The summed E-state index contributed by atoms with van der Waals surface area (Å²) < 4.78 is 0. The van der Waals surface area contributed by atoms with Gasteiger partial charge in [-0.2, -0.15) is 0 Å². The Bertz CT molecular complexity index is 274. The van der Waals surface area contributed by atoms with Gasteiger partial charge < -0.3 is 26.2 Å². The summed E-state index contributed by atoms with van der Waals surface area (Å²) in [6, 6.07) is 0.549. The van der Waals surface area contributed by atoms with E-state index in [2.05, 4.69) is 5.32 Å². The first-order chi connectivity index (χ1) is 8.44. The SMILES string of the molecule is NC(CCCCB(O)O)(CCNC1CC1)C(=O)O. The fourth-order valence-corrected chi connectivity index (χ4v) is 1.89. The van der Waals surface area contributed by atoms with Crippen molar-refractivity contribution in [1.82, 2.24) is 5.32 Å². The van der Waals surface area contributed by atoms with Crippen LogP contribution in [0.25, 0.3) is 0 Å². The van der Waals surface area contributed by atoms with Crippen LogP contribution in [0, 0.1) is 0 Å². The zero-order chi connectivity index (χ0) is 13.6. The Kier molecular flexibility index (Phi) is 6.07. The Labute approximate surface area is 108 Å². The number of hydrogen-bond donors (Lipinski definition) is 5. The van der Waals surface area contributed by atoms with E-state index < -0.39 is 18.6 Å². The molecule has 18 heavy (non-hydrogen) atoms. The molecule has 1 rings (SSSR count). The lowest BCUT2D eigenvalue weighted by Crippen LogP contribution is -2.49. The summed E-state index contributed by atoms with van der Waals surface area (Å²) in [5.41, 5.74) is 4.69. The molecule has 0 spiro atoms. The number of nitrogens with two attached hydrogens (primary N) is 1. The van der Waals surface area contributed by atoms with E-state index in [0.29, 0.717) is 38.3 Å². The summed E-state index contributed by atoms with van der Waals surface area (Å²) in [6.07, 6.45) is 4.51. The molecule has 0 heterocycles. The molecule has 0 aliphatic heterocycles. The van der Waals surface area contributed by atoms with E-state index in [0.717, 1.165) is 0 Å². The first-order valence-corrected chi connectivity index (χ1v) is 6.56. The molecule has 1 unspecified atom stereocenters. The summed E-state index contributed by atoms with van der Waals surface area (Å²) in [6.45, 7) is 0.621. The van der Waals surface area contributed by atoms with Crippen LogP contribution in [0.4, 0.5) is 0 Å². The lowest BCUT2D eigenvalue weighted by molar-refractivity contribution is -0.143. The normalized spacial score (nSPS) is 18.4. The largest absolute Gasteiger partial charge is 0.480 e. The van der Waals surface area contributed by atoms with Gasteiger partial charge in [-0.1, -0.05) is 12.8 Å². The molecule has 1 saturated carbocycles. The van der Waals surface area contributed by atoms with E-state index >= 15 is 0 Å². The van der Waals surface area contributed by atoms with Gasteiger partial charge in [0.2, 0.25) is 0 Å². The third kappa shape index (κ3) is 5.81. The number of carbonyl (C=O) groups is 1. The minimum atomic E-state index is -1.32. The highest BCUT2D eigenvalue weighted by molar-refractivity contribution is 6.40. The quantitative estimate of drug-likeness (QED) is 0.268. The van der Waals surface area contributed by atoms with Gasteiger partial charge in [0.1, 0.15) is 5.54 Å². The number of aliphatic carboxylic acids is 1. The molecule has 0 amide bonds. The summed E-state index contributed by atoms with van der Waals surface area (Å²) in [7, 11) is -1.32. The van der Waals surface area contributed by atoms with Crippen molar-refractivity contribution in [3.8, 4) is 0 Å². The fraction of sp³-hybridized carbons (Fsp3) is 0.909. The van der Waals surface area contributed by atoms with Crippen molar-refractivity contribution < 1.29 is 19.9 Å². The Morgan fingerprint density at radius 1 is 1.33 bits per heavy atom. The molecule has 0 aromatic rings. The maximum atomic E-state index is 11.2. The van der Waals surface area contributed by atoms with Crippen LogP contribution >= 0.6 is 0 Å². The van der Waals surface area contributed by atoms with Crippen molar-refractivity contribution in [2.75, 3.05) is 6.54 Å². The smallest absolute Gasteiger partial charge is 0.451 e. The Balaban J connectivity index is 2.23. The molecule has 0 radical (unpaired) electrons. The minimum absolute atomic E-state index is 0.260. The van der Waals surface area contributed by atoms with E-state index in [1.807, 2.05) is 0 Å². The maximum absolute atomic E-state index is 11.2. The minimum Gasteiger partial charge on any atom is -0.480 e. The monoisotopic (exact) mass is 258 g/mol. The summed E-state index contributed by atoms with van der Waals surface area (Å²) in [4.78, 5) is 11.2. The second-order valence-corrected chi connectivity index (χ2v) is 5.17. The zero-order valence-electron chi connectivity index (χ0n) is 10.6. The molecule has 6 nitrogen and oxygen atoms in total. The molecular formula is C11H23BN2O4. The first-order valence-electron chi connectivity index (χ1n) is 6.56. The van der Waals surface area contributed by atoms with Gasteiger partial charge in [0.25, 0.3) is 0 Å². The number of carboxylic acid groups (broad SMARTS) is 1. The number of unbranched alkanes of at least 4 members (excludes halogenated alkanes) is 1. The van der Waals surface area contributed by atoms with Gasteiger partial charge in [0.05, 0.1) is 0 Å². The van der Waals surface area contributed by atoms with Gasteiger partial charge in [0, 0.05) is 6.04 Å². The Morgan fingerprint density at radius 2 is 2.00 bits per heavy atom. The van der Waals surface area contributed by atoms with Gasteiger partial charge in [-0.05, 0) is 38.5 Å². The van der Waals surface area contributed by atoms with Gasteiger partial charge in [-0.3, -0.25) is 4.79 Å². The second-order valence-electron chi connectivity index (χ2n) is 5.17. The van der Waals surface area contributed by atoms with E-state index in [4.69, 9.17) is 15.8 Å². The van der Waals surface area contributed by atoms with Crippen LogP contribution in [0.2, 0.25) is 6.32 Å². The van der Waals surface area contributed by atoms with Crippen molar-refractivity contribution in [3.05, 3.63) is 0 Å². The Hall–Kier alpha value is -0.625. The number of carboxylic acids is 1. The zero-order valence-corrected chi connectivity index (χ0v) is 10.6. The molecule has 0 bridgehead atoms. The van der Waals surface area contributed by atoms with Crippen molar-refractivity contribution in [2.24, 2.45) is 5.73 Å². The lowest BCUT2D eigenvalue weighted by Gasteiger charge is -2.25. The van der Waals surface area contributed by atoms with Gasteiger partial charge in [-0.15, -0.1) is 0 Å². The van der Waals surface area contributed by atoms with E-state index in [-0.39, 0.29) is 6.32 Å². The predicted octanol–water partition coefficient (Wildman–Crippen LogP) is -0.446. The Morgan fingerprint density at radius 3 is 2.50 bits per heavy atom. The van der Waals surface area contributed by atoms with Crippen molar-refractivity contribution in [3.63, 3.8) is 0 Å². The standard InChI is InChI=1S/C11H23BN2O4/c13-11(10(15)16,5-1-2-7-12(17)18)6-8-14-9-3-4-9/h9,14,17-18H,1-8,13H2,(H,15,16). The van der Waals surface area contributed by atoms with E-state index in [1.165, 1.54) is 12.8 Å². The topological polar surface area (TPSA) is 116 Å². The maximum Gasteiger partial charge on any atom is 0.451 e. The van der Waals surface area contributed by atoms with Crippen molar-refractivity contribution in [2.45, 2.75) is 56.4 Å². The van der Waals surface area contributed by atoms with Gasteiger partial charge in [0.15, 0.2) is 0 Å². The molecular weight excluding hydrogens is 235 g/mol. The molecule has 1 fully saturated rings. The molecule has 1 aliphatic carbocycles. The molecule has 1 aliphatic rings. The van der Waals surface area contributed by atoms with Crippen LogP contribution in [-0.2, 0) is 4.79 Å². The predicted molar refractivity (Wildman–Crippen MR) is 69.0 cm³/mol. The van der Waals surface area contributed by atoms with Gasteiger partial charge >= 0.3 is 13.1 Å². The highest BCUT2D eigenvalue weighted by Gasteiger charge is 2.33. The third-order valence-electron chi connectivity index (χ3n) is 3.34. The summed E-state index contributed by atoms with van der Waals surface area (Å²) in [5.74, 6) is -0.982. The molecule has 104 valence electrons. The van der Waals surface area contributed by atoms with Crippen molar-refractivity contribution in [1.29, 1.82) is 0 Å². The highest BCUT2D eigenvalue weighted by Crippen LogP contribution is 2.21. The molecule has 0 saturated heterocycles. The molecule has 0 aromatic heterocycles. The number of hydrogen-bond acceptors (Lipinski definition) is 5. The molecule has 7 heteroatoms. The van der Waals surface area contributed by atoms with Crippen LogP contribution in [0.15, 0.2) is 0 Å². The average molecular weight is 258 g/mol. The van der Waals surface area contributed by atoms with E-state index in [1.54, 1.807) is 0 Å². The average Bonchev–Trinajstić information content (AvgIpc) is 3.08. The van der Waals surface area contributed by atoms with Crippen LogP contribution in [-0.4, -0.2) is 46.4 Å². The molecule has 0 aromatic carbocycles. The molecule has 1 atom stereocenters. The van der Waals surface area contributed by atoms with Crippen LogP contribution in [0.1, 0.15) is 38.5 Å². The number of rotatable bonds is 10. The second kappa shape index (κ2) is 7.08. The van der Waals surface area contributed by atoms with Crippen LogP contribution in [0.3, 0.4) is 0 Å². The van der Waals surface area contributed by atoms with Crippen LogP contribution < -0.4 is 11.1 Å². The number of nitrogens with one attached hydrogen (secondary N) is 1. The van der Waals surface area contributed by atoms with Crippen LogP contribution in [0.5, 0.6) is 0 Å². The summed E-state index contributed by atoms with van der Waals surface area (Å²) in [5, 5.41) is 29.8. The van der Waals surface area contributed by atoms with Gasteiger partial charge in [-0.25, -0.2) is 0 Å². The fourth-order valence-electron chi connectivity index (χ4n) is 1.89. The third-order valence-corrected chi connectivity index (χ3v) is 3.34. The molecule has 6 N–H and O–H groups in total. The summed E-state index contributed by atoms with van der Waals surface area (Å²) >= 11 is 0. The highest BCUT2D eigenvalue weighted by atomic mass is 16.4.